The maximum Gasteiger partial charge on any atom is 0.339 e. The number of anilines is 1. The molecule has 3 heterocycles. The summed E-state index contributed by atoms with van der Waals surface area (Å²) in [5, 5.41) is 9.69. The Balaban J connectivity index is 1.58. The highest BCUT2D eigenvalue weighted by molar-refractivity contribution is 9.10. The highest BCUT2D eigenvalue weighted by Gasteiger charge is 2.21. The smallest absolute Gasteiger partial charge is 0.339 e. The average molecular weight is 499 g/mol. The van der Waals surface area contributed by atoms with Crippen molar-refractivity contribution in [1.29, 1.82) is 0 Å². The highest BCUT2D eigenvalue weighted by Crippen LogP contribution is 2.29. The third kappa shape index (κ3) is 4.38. The van der Waals surface area contributed by atoms with E-state index >= 15 is 0 Å². The van der Waals surface area contributed by atoms with Crippen molar-refractivity contribution in [2.45, 2.75) is 13.8 Å². The van der Waals surface area contributed by atoms with Crippen molar-refractivity contribution in [2.75, 3.05) is 11.9 Å². The molecule has 4 aromatic rings. The van der Waals surface area contributed by atoms with Crippen LogP contribution in [0.3, 0.4) is 0 Å². The first-order valence-corrected chi connectivity index (χ1v) is 11.1. The number of ether oxygens (including phenoxy) is 1. The Morgan fingerprint density at radius 1 is 1.23 bits per heavy atom. The lowest BCUT2D eigenvalue weighted by Gasteiger charge is -2.10. The van der Waals surface area contributed by atoms with Gasteiger partial charge in [-0.2, -0.15) is 5.10 Å². The van der Waals surface area contributed by atoms with E-state index in [4.69, 9.17) is 4.74 Å². The minimum absolute atomic E-state index is 0.336. The summed E-state index contributed by atoms with van der Waals surface area (Å²) in [7, 11) is 1.78. The molecule has 1 amide bonds. The number of rotatable bonds is 5. The lowest BCUT2D eigenvalue weighted by Crippen LogP contribution is -2.21. The predicted octanol–water partition coefficient (Wildman–Crippen LogP) is 4.87. The number of pyridine rings is 1. The Bertz CT molecular complexity index is 1300. The van der Waals surface area contributed by atoms with Crippen molar-refractivity contribution < 1.29 is 14.3 Å². The fourth-order valence-electron chi connectivity index (χ4n) is 3.27. The second-order valence-corrected chi connectivity index (χ2v) is 8.85. The number of fused-ring (bicyclic) bond motifs is 1. The van der Waals surface area contributed by atoms with Gasteiger partial charge in [-0.05, 0) is 65.0 Å². The van der Waals surface area contributed by atoms with Crippen LogP contribution in [-0.4, -0.2) is 33.2 Å². The molecule has 0 unspecified atom stereocenters. The van der Waals surface area contributed by atoms with Gasteiger partial charge in [0.1, 0.15) is 0 Å². The third-order valence-electron chi connectivity index (χ3n) is 4.70. The monoisotopic (exact) mass is 498 g/mol. The van der Waals surface area contributed by atoms with Crippen molar-refractivity contribution in [3.05, 3.63) is 63.1 Å². The molecule has 3 aromatic heterocycles. The quantitative estimate of drug-likeness (QED) is 0.396. The van der Waals surface area contributed by atoms with E-state index in [0.717, 1.165) is 14.9 Å². The fraction of sp³-hybridized carbons (Fsp3) is 0.182. The number of carbonyl (C=O) groups is 2. The van der Waals surface area contributed by atoms with Crippen LogP contribution in [0.4, 0.5) is 5.69 Å². The number of aryl methyl sites for hydroxylation is 3. The van der Waals surface area contributed by atoms with E-state index < -0.39 is 18.5 Å². The summed E-state index contributed by atoms with van der Waals surface area (Å²) in [6, 6.07) is 11.1. The summed E-state index contributed by atoms with van der Waals surface area (Å²) in [6.07, 6.45) is 0. The van der Waals surface area contributed by atoms with Gasteiger partial charge in [0.05, 0.1) is 32.9 Å². The van der Waals surface area contributed by atoms with Crippen molar-refractivity contribution in [3.8, 4) is 10.6 Å². The molecule has 0 atom stereocenters. The summed E-state index contributed by atoms with van der Waals surface area (Å²) in [6.45, 7) is 3.36. The average Bonchev–Trinajstić information content (AvgIpc) is 3.36. The molecular weight excluding hydrogens is 480 g/mol. The first-order valence-electron chi connectivity index (χ1n) is 9.45. The van der Waals surface area contributed by atoms with Gasteiger partial charge in [-0.15, -0.1) is 11.3 Å². The van der Waals surface area contributed by atoms with Gasteiger partial charge in [-0.25, -0.2) is 9.78 Å². The van der Waals surface area contributed by atoms with E-state index in [1.54, 1.807) is 23.9 Å². The molecule has 31 heavy (non-hydrogen) atoms. The van der Waals surface area contributed by atoms with Crippen LogP contribution in [0, 0.1) is 13.8 Å². The minimum Gasteiger partial charge on any atom is -0.452 e. The zero-order valence-electron chi connectivity index (χ0n) is 17.1. The van der Waals surface area contributed by atoms with Crippen LogP contribution in [-0.2, 0) is 16.6 Å². The molecule has 0 fully saturated rings. The van der Waals surface area contributed by atoms with E-state index in [0.29, 0.717) is 33.7 Å². The Labute approximate surface area is 191 Å². The topological polar surface area (TPSA) is 86.1 Å². The molecule has 4 rings (SSSR count). The SMILES string of the molecule is Cc1ccc(NC(=O)COC(=O)c2cc(-c3cccs3)nc3c2c(C)nn3C)c(Br)c1. The highest BCUT2D eigenvalue weighted by atomic mass is 79.9. The van der Waals surface area contributed by atoms with E-state index in [-0.39, 0.29) is 0 Å². The third-order valence-corrected chi connectivity index (χ3v) is 6.24. The molecular formula is C22H19BrN4O3S. The molecule has 0 saturated carbocycles. The Hall–Kier alpha value is -3.04. The van der Waals surface area contributed by atoms with E-state index in [1.165, 1.54) is 11.3 Å². The molecule has 158 valence electrons. The Kier molecular flexibility index (Phi) is 5.88. The summed E-state index contributed by atoms with van der Waals surface area (Å²) in [4.78, 5) is 30.9. The van der Waals surface area contributed by atoms with Gasteiger partial charge in [0, 0.05) is 11.5 Å². The fourth-order valence-corrected chi connectivity index (χ4v) is 4.55. The van der Waals surface area contributed by atoms with Gasteiger partial charge in [0.15, 0.2) is 12.3 Å². The number of halogens is 1. The Morgan fingerprint density at radius 3 is 2.74 bits per heavy atom. The number of carbonyl (C=O) groups excluding carboxylic acids is 2. The van der Waals surface area contributed by atoms with Crippen molar-refractivity contribution in [2.24, 2.45) is 7.05 Å². The van der Waals surface area contributed by atoms with Gasteiger partial charge < -0.3 is 10.1 Å². The van der Waals surface area contributed by atoms with Crippen LogP contribution in [0.1, 0.15) is 21.6 Å². The number of amides is 1. The van der Waals surface area contributed by atoms with E-state index in [9.17, 15) is 9.59 Å². The number of nitrogens with one attached hydrogen (secondary N) is 1. The van der Waals surface area contributed by atoms with Crippen molar-refractivity contribution in [3.63, 3.8) is 0 Å². The van der Waals surface area contributed by atoms with E-state index in [2.05, 4.69) is 31.3 Å². The molecule has 0 aliphatic carbocycles. The maximum atomic E-state index is 12.9. The predicted molar refractivity (Wildman–Crippen MR) is 124 cm³/mol. The second-order valence-electron chi connectivity index (χ2n) is 7.05. The molecule has 0 spiro atoms. The number of thiophene rings is 1. The van der Waals surface area contributed by atoms with Gasteiger partial charge >= 0.3 is 5.97 Å². The van der Waals surface area contributed by atoms with Crippen LogP contribution in [0.2, 0.25) is 0 Å². The number of hydrogen-bond acceptors (Lipinski definition) is 6. The van der Waals surface area contributed by atoms with Gasteiger partial charge in [-0.3, -0.25) is 9.48 Å². The second kappa shape index (κ2) is 8.60. The lowest BCUT2D eigenvalue weighted by atomic mass is 10.1. The molecule has 1 N–H and O–H groups in total. The molecule has 9 heteroatoms. The number of hydrogen-bond donors (Lipinski definition) is 1. The number of esters is 1. The minimum atomic E-state index is -0.598. The van der Waals surface area contributed by atoms with Gasteiger partial charge in [0.2, 0.25) is 0 Å². The molecule has 0 saturated heterocycles. The summed E-state index contributed by atoms with van der Waals surface area (Å²) in [5.74, 6) is -1.02. The van der Waals surface area contributed by atoms with Crippen LogP contribution in [0.5, 0.6) is 0 Å². The molecule has 0 radical (unpaired) electrons. The first-order chi connectivity index (χ1) is 14.8. The largest absolute Gasteiger partial charge is 0.452 e. The molecule has 0 bridgehead atoms. The summed E-state index contributed by atoms with van der Waals surface area (Å²) < 4.78 is 7.74. The van der Waals surface area contributed by atoms with Crippen LogP contribution >= 0.6 is 27.3 Å². The molecule has 7 nitrogen and oxygen atoms in total. The van der Waals surface area contributed by atoms with Crippen LogP contribution in [0.15, 0.2) is 46.3 Å². The first kappa shape index (κ1) is 21.2. The van der Waals surface area contributed by atoms with Crippen molar-refractivity contribution in [1.82, 2.24) is 14.8 Å². The lowest BCUT2D eigenvalue weighted by molar-refractivity contribution is -0.119. The molecule has 1 aromatic carbocycles. The maximum absolute atomic E-state index is 12.9. The molecule has 0 aliphatic heterocycles. The van der Waals surface area contributed by atoms with Crippen LogP contribution < -0.4 is 5.32 Å². The zero-order chi connectivity index (χ0) is 22.1. The van der Waals surface area contributed by atoms with Crippen molar-refractivity contribution >= 4 is 55.9 Å². The summed E-state index contributed by atoms with van der Waals surface area (Å²) >= 11 is 4.95. The van der Waals surface area contributed by atoms with Gasteiger partial charge in [0.25, 0.3) is 5.91 Å². The number of aromatic nitrogens is 3. The van der Waals surface area contributed by atoms with E-state index in [1.807, 2.05) is 43.5 Å². The Morgan fingerprint density at radius 2 is 2.03 bits per heavy atom. The van der Waals surface area contributed by atoms with Crippen LogP contribution in [0.25, 0.3) is 21.6 Å². The number of benzene rings is 1. The standard InChI is InChI=1S/C22H19BrN4O3S/c1-12-6-7-16(15(23)9-12)24-19(28)11-30-22(29)14-10-17(18-5-4-8-31-18)25-21-20(14)13(2)26-27(21)3/h4-10H,11H2,1-3H3,(H,24,28). The number of nitrogens with zero attached hydrogens (tertiary/aromatic N) is 3. The van der Waals surface area contributed by atoms with Gasteiger partial charge in [-0.1, -0.05) is 12.1 Å². The molecule has 0 aliphatic rings. The normalized spacial score (nSPS) is 11.0. The summed E-state index contributed by atoms with van der Waals surface area (Å²) in [5.41, 5.74) is 3.92. The zero-order valence-corrected chi connectivity index (χ0v) is 19.5.